The molecule has 7 nitrogen and oxygen atoms in total. The average Bonchev–Trinajstić information content (AvgIpc) is 3.57. The van der Waals surface area contributed by atoms with Gasteiger partial charge in [-0.3, -0.25) is 9.59 Å². The Bertz CT molecular complexity index is 1130. The molecule has 1 saturated heterocycles. The lowest BCUT2D eigenvalue weighted by molar-refractivity contribution is 0.0697. The molecule has 4 rings (SSSR count). The first kappa shape index (κ1) is 22.5. The smallest absolute Gasteiger partial charge is 0.254 e. The third kappa shape index (κ3) is 5.02. The zero-order valence-electron chi connectivity index (χ0n) is 18.4. The average molecular weight is 456 g/mol. The molecule has 32 heavy (non-hydrogen) atoms. The lowest BCUT2D eigenvalue weighted by atomic mass is 10.0. The molecule has 1 heterocycles. The van der Waals surface area contributed by atoms with Crippen LogP contribution in [0.3, 0.4) is 0 Å². The Morgan fingerprint density at radius 2 is 1.53 bits per heavy atom. The number of sulfonamides is 1. The van der Waals surface area contributed by atoms with E-state index in [4.69, 9.17) is 0 Å². The molecule has 8 heteroatoms. The van der Waals surface area contributed by atoms with Crippen molar-refractivity contribution in [1.82, 2.24) is 14.9 Å². The van der Waals surface area contributed by atoms with Crippen LogP contribution in [-0.4, -0.2) is 50.3 Å². The summed E-state index contributed by atoms with van der Waals surface area (Å²) in [5.41, 5.74) is 2.75. The van der Waals surface area contributed by atoms with Crippen molar-refractivity contribution < 1.29 is 18.0 Å². The summed E-state index contributed by atoms with van der Waals surface area (Å²) in [6.07, 6.45) is 3.02. The van der Waals surface area contributed by atoms with E-state index >= 15 is 0 Å². The lowest BCUT2D eigenvalue weighted by Gasteiger charge is -2.33. The van der Waals surface area contributed by atoms with E-state index in [9.17, 15) is 18.0 Å². The molecule has 0 unspecified atom stereocenters. The number of carbonyl (C=O) groups is 2. The minimum atomic E-state index is -3.62. The van der Waals surface area contributed by atoms with E-state index < -0.39 is 10.0 Å². The van der Waals surface area contributed by atoms with Crippen LogP contribution in [0, 0.1) is 13.8 Å². The fourth-order valence-electron chi connectivity index (χ4n) is 3.98. The number of carbonyl (C=O) groups excluding carboxylic acids is 2. The largest absolute Gasteiger partial charge is 0.349 e. The highest BCUT2D eigenvalue weighted by Crippen LogP contribution is 2.24. The zero-order valence-corrected chi connectivity index (χ0v) is 19.2. The molecule has 2 aliphatic rings. The highest BCUT2D eigenvalue weighted by atomic mass is 32.2. The molecule has 0 aromatic heterocycles. The standard InChI is InChI=1S/C24H29N3O4S/c1-16-5-3-4-6-21(16)23(28)25-18-11-13-27(14-12-18)24(29)22-15-20(10-7-17(22)2)32(30,31)26-19-8-9-19/h3-7,10,15,18-19,26H,8-9,11-14H2,1-2H3,(H,25,28). The second-order valence-electron chi connectivity index (χ2n) is 8.73. The van der Waals surface area contributed by atoms with E-state index in [1.807, 2.05) is 38.1 Å². The predicted octanol–water partition coefficient (Wildman–Crippen LogP) is 2.78. The number of hydrogen-bond donors (Lipinski definition) is 2. The van der Waals surface area contributed by atoms with Gasteiger partial charge < -0.3 is 10.2 Å². The fraction of sp³-hybridized carbons (Fsp3) is 0.417. The van der Waals surface area contributed by atoms with Crippen LogP contribution >= 0.6 is 0 Å². The SMILES string of the molecule is Cc1ccccc1C(=O)NC1CCN(C(=O)c2cc(S(=O)(=O)NC3CC3)ccc2C)CC1. The summed E-state index contributed by atoms with van der Waals surface area (Å²) >= 11 is 0. The van der Waals surface area contributed by atoms with E-state index in [1.54, 1.807) is 17.0 Å². The van der Waals surface area contributed by atoms with Crippen molar-refractivity contribution in [1.29, 1.82) is 0 Å². The number of piperidine rings is 1. The number of nitrogens with zero attached hydrogens (tertiary/aromatic N) is 1. The minimum absolute atomic E-state index is 0.00158. The molecule has 0 spiro atoms. The van der Waals surface area contributed by atoms with Crippen LogP contribution in [-0.2, 0) is 10.0 Å². The van der Waals surface area contributed by atoms with Gasteiger partial charge in [-0.1, -0.05) is 24.3 Å². The molecule has 2 fully saturated rings. The molecular weight excluding hydrogens is 426 g/mol. The molecule has 2 N–H and O–H groups in total. The monoisotopic (exact) mass is 455 g/mol. The van der Waals surface area contributed by atoms with E-state index in [0.717, 1.165) is 24.0 Å². The topological polar surface area (TPSA) is 95.6 Å². The van der Waals surface area contributed by atoms with Gasteiger partial charge in [0.1, 0.15) is 0 Å². The maximum absolute atomic E-state index is 13.2. The molecule has 1 aliphatic heterocycles. The van der Waals surface area contributed by atoms with Gasteiger partial charge in [-0.05, 0) is 68.9 Å². The van der Waals surface area contributed by atoms with Crippen LogP contribution in [0.2, 0.25) is 0 Å². The summed E-state index contributed by atoms with van der Waals surface area (Å²) in [4.78, 5) is 27.6. The molecule has 1 aliphatic carbocycles. The van der Waals surface area contributed by atoms with Crippen molar-refractivity contribution in [3.63, 3.8) is 0 Å². The number of amides is 2. The normalized spacial score (nSPS) is 17.2. The second kappa shape index (κ2) is 9.03. The number of benzene rings is 2. The van der Waals surface area contributed by atoms with Gasteiger partial charge >= 0.3 is 0 Å². The summed E-state index contributed by atoms with van der Waals surface area (Å²) in [5.74, 6) is -0.264. The Morgan fingerprint density at radius 3 is 2.19 bits per heavy atom. The Labute approximate surface area is 189 Å². The molecule has 1 saturated carbocycles. The highest BCUT2D eigenvalue weighted by molar-refractivity contribution is 7.89. The van der Waals surface area contributed by atoms with Crippen LogP contribution in [0.15, 0.2) is 47.4 Å². The lowest BCUT2D eigenvalue weighted by Crippen LogP contribution is -2.46. The van der Waals surface area contributed by atoms with Crippen LogP contribution in [0.1, 0.15) is 57.5 Å². The van der Waals surface area contributed by atoms with Gasteiger partial charge in [-0.15, -0.1) is 0 Å². The van der Waals surface area contributed by atoms with Crippen LogP contribution in [0.4, 0.5) is 0 Å². The third-order valence-corrected chi connectivity index (χ3v) is 7.67. The van der Waals surface area contributed by atoms with Gasteiger partial charge in [0.2, 0.25) is 10.0 Å². The van der Waals surface area contributed by atoms with Gasteiger partial charge in [0.25, 0.3) is 11.8 Å². The van der Waals surface area contributed by atoms with Crippen LogP contribution in [0.5, 0.6) is 0 Å². The van der Waals surface area contributed by atoms with Crippen molar-refractivity contribution >= 4 is 21.8 Å². The number of nitrogens with one attached hydrogen (secondary N) is 2. The van der Waals surface area contributed by atoms with Crippen molar-refractivity contribution in [3.8, 4) is 0 Å². The van der Waals surface area contributed by atoms with Crippen molar-refractivity contribution in [2.75, 3.05) is 13.1 Å². The maximum atomic E-state index is 13.2. The Balaban J connectivity index is 1.39. The quantitative estimate of drug-likeness (QED) is 0.700. The number of hydrogen-bond acceptors (Lipinski definition) is 4. The Kier molecular flexibility index (Phi) is 6.35. The predicted molar refractivity (Wildman–Crippen MR) is 122 cm³/mol. The van der Waals surface area contributed by atoms with E-state index in [1.165, 1.54) is 6.07 Å². The summed E-state index contributed by atoms with van der Waals surface area (Å²) in [6, 6.07) is 12.2. The van der Waals surface area contributed by atoms with Gasteiger partial charge in [-0.2, -0.15) is 0 Å². The molecule has 170 valence electrons. The molecular formula is C24H29N3O4S. The molecule has 0 radical (unpaired) electrons. The van der Waals surface area contributed by atoms with Gasteiger partial charge in [-0.25, -0.2) is 13.1 Å². The first-order valence-electron chi connectivity index (χ1n) is 11.0. The van der Waals surface area contributed by atoms with Crippen LogP contribution in [0.25, 0.3) is 0 Å². The first-order chi connectivity index (χ1) is 15.2. The third-order valence-electron chi connectivity index (χ3n) is 6.16. The Morgan fingerprint density at radius 1 is 0.875 bits per heavy atom. The Hall–Kier alpha value is -2.71. The number of rotatable bonds is 6. The number of aryl methyl sites for hydroxylation is 2. The molecule has 0 atom stereocenters. The van der Waals surface area contributed by atoms with Gasteiger partial charge in [0.15, 0.2) is 0 Å². The second-order valence-corrected chi connectivity index (χ2v) is 10.4. The van der Waals surface area contributed by atoms with Crippen molar-refractivity contribution in [2.24, 2.45) is 0 Å². The highest BCUT2D eigenvalue weighted by Gasteiger charge is 2.30. The molecule has 0 bridgehead atoms. The fourth-order valence-corrected chi connectivity index (χ4v) is 5.31. The summed E-state index contributed by atoms with van der Waals surface area (Å²) in [7, 11) is -3.62. The van der Waals surface area contributed by atoms with Crippen molar-refractivity contribution in [2.45, 2.75) is 56.5 Å². The summed E-state index contributed by atoms with van der Waals surface area (Å²) < 4.78 is 27.8. The van der Waals surface area contributed by atoms with Crippen LogP contribution < -0.4 is 10.0 Å². The first-order valence-corrected chi connectivity index (χ1v) is 12.5. The molecule has 2 aromatic carbocycles. The van der Waals surface area contributed by atoms with Crippen molar-refractivity contribution in [3.05, 3.63) is 64.7 Å². The molecule has 2 aromatic rings. The summed E-state index contributed by atoms with van der Waals surface area (Å²) in [6.45, 7) is 4.74. The van der Waals surface area contributed by atoms with E-state index in [2.05, 4.69) is 10.0 Å². The maximum Gasteiger partial charge on any atom is 0.254 e. The van der Waals surface area contributed by atoms with E-state index in [0.29, 0.717) is 37.1 Å². The number of likely N-dealkylation sites (tertiary alicyclic amines) is 1. The molecule has 2 amide bonds. The van der Waals surface area contributed by atoms with E-state index in [-0.39, 0.29) is 28.8 Å². The zero-order chi connectivity index (χ0) is 22.9. The summed E-state index contributed by atoms with van der Waals surface area (Å²) in [5, 5.41) is 3.08. The van der Waals surface area contributed by atoms with Gasteiger partial charge in [0, 0.05) is 36.3 Å². The van der Waals surface area contributed by atoms with Gasteiger partial charge in [0.05, 0.1) is 4.90 Å². The minimum Gasteiger partial charge on any atom is -0.349 e.